The molecule has 1 unspecified atom stereocenters. The Bertz CT molecular complexity index is 492. The number of carbonyl (C=O) groups is 1. The normalized spacial score (nSPS) is 23.0. The molecule has 0 aliphatic carbocycles. The lowest BCUT2D eigenvalue weighted by Crippen LogP contribution is -2.51. The SMILES string of the molecule is O=C(C1CCCO1)N1CCN(CCc2ccc(F)cc2)CC1. The Morgan fingerprint density at radius 1 is 1.18 bits per heavy atom. The Hall–Kier alpha value is -1.46. The first-order valence-corrected chi connectivity index (χ1v) is 8.09. The van der Waals surface area contributed by atoms with E-state index in [0.717, 1.165) is 57.5 Å². The standard InChI is InChI=1S/C17H23FN2O2/c18-15-5-3-14(4-6-15)7-8-19-9-11-20(12-10-19)17(21)16-2-1-13-22-16/h3-6,16H,1-2,7-13H2. The summed E-state index contributed by atoms with van der Waals surface area (Å²) in [7, 11) is 0. The molecule has 3 rings (SSSR count). The van der Waals surface area contributed by atoms with Crippen molar-refractivity contribution in [3.63, 3.8) is 0 Å². The molecule has 120 valence electrons. The summed E-state index contributed by atoms with van der Waals surface area (Å²) in [6, 6.07) is 6.69. The zero-order chi connectivity index (χ0) is 15.4. The van der Waals surface area contributed by atoms with Gasteiger partial charge in [0.05, 0.1) is 0 Å². The minimum absolute atomic E-state index is 0.163. The van der Waals surface area contributed by atoms with Crippen LogP contribution in [0.5, 0.6) is 0 Å². The van der Waals surface area contributed by atoms with Crippen LogP contribution in [-0.4, -0.2) is 61.1 Å². The number of benzene rings is 1. The summed E-state index contributed by atoms with van der Waals surface area (Å²) in [6.07, 6.45) is 2.57. The van der Waals surface area contributed by atoms with Crippen molar-refractivity contribution in [3.05, 3.63) is 35.6 Å². The maximum Gasteiger partial charge on any atom is 0.251 e. The van der Waals surface area contributed by atoms with E-state index in [4.69, 9.17) is 4.74 Å². The molecule has 0 saturated carbocycles. The van der Waals surface area contributed by atoms with Crippen LogP contribution in [0.25, 0.3) is 0 Å². The number of halogens is 1. The van der Waals surface area contributed by atoms with Crippen molar-refractivity contribution in [2.45, 2.75) is 25.4 Å². The molecule has 0 aromatic heterocycles. The molecule has 4 nitrogen and oxygen atoms in total. The molecule has 2 aliphatic heterocycles. The van der Waals surface area contributed by atoms with E-state index in [0.29, 0.717) is 6.61 Å². The highest BCUT2D eigenvalue weighted by Gasteiger charge is 2.30. The number of carbonyl (C=O) groups excluding carboxylic acids is 1. The van der Waals surface area contributed by atoms with Crippen LogP contribution in [0.4, 0.5) is 4.39 Å². The largest absolute Gasteiger partial charge is 0.368 e. The fourth-order valence-electron chi connectivity index (χ4n) is 3.11. The fourth-order valence-corrected chi connectivity index (χ4v) is 3.11. The third kappa shape index (κ3) is 3.84. The van der Waals surface area contributed by atoms with E-state index in [2.05, 4.69) is 4.90 Å². The molecule has 1 aromatic carbocycles. The molecule has 5 heteroatoms. The van der Waals surface area contributed by atoms with Gasteiger partial charge in [-0.25, -0.2) is 4.39 Å². The quantitative estimate of drug-likeness (QED) is 0.849. The molecule has 2 fully saturated rings. The lowest BCUT2D eigenvalue weighted by Gasteiger charge is -2.35. The first-order valence-electron chi connectivity index (χ1n) is 8.09. The zero-order valence-electron chi connectivity index (χ0n) is 12.8. The number of ether oxygens (including phenoxy) is 1. The van der Waals surface area contributed by atoms with E-state index >= 15 is 0 Å². The van der Waals surface area contributed by atoms with Crippen molar-refractivity contribution in [1.29, 1.82) is 0 Å². The van der Waals surface area contributed by atoms with Crippen molar-refractivity contribution in [1.82, 2.24) is 9.80 Å². The van der Waals surface area contributed by atoms with Crippen LogP contribution in [0.1, 0.15) is 18.4 Å². The first kappa shape index (κ1) is 15.4. The molecule has 2 heterocycles. The molecular formula is C17H23FN2O2. The Labute approximate surface area is 130 Å². The predicted octanol–water partition coefficient (Wildman–Crippen LogP) is 1.69. The second-order valence-corrected chi connectivity index (χ2v) is 6.05. The van der Waals surface area contributed by atoms with E-state index < -0.39 is 0 Å². The van der Waals surface area contributed by atoms with Crippen LogP contribution in [-0.2, 0) is 16.0 Å². The maximum absolute atomic E-state index is 12.9. The van der Waals surface area contributed by atoms with Crippen LogP contribution in [0, 0.1) is 5.82 Å². The Kier molecular flexibility index (Phi) is 5.05. The van der Waals surface area contributed by atoms with Gasteiger partial charge in [0.1, 0.15) is 11.9 Å². The number of hydrogen-bond donors (Lipinski definition) is 0. The monoisotopic (exact) mass is 306 g/mol. The van der Waals surface area contributed by atoms with Gasteiger partial charge in [-0.1, -0.05) is 12.1 Å². The first-order chi connectivity index (χ1) is 10.7. The molecule has 2 aliphatic rings. The predicted molar refractivity (Wildman–Crippen MR) is 82.1 cm³/mol. The van der Waals surface area contributed by atoms with E-state index in [1.54, 1.807) is 0 Å². The number of piperazine rings is 1. The van der Waals surface area contributed by atoms with Gasteiger partial charge >= 0.3 is 0 Å². The fraction of sp³-hybridized carbons (Fsp3) is 0.588. The summed E-state index contributed by atoms with van der Waals surface area (Å²) < 4.78 is 18.3. The molecule has 1 atom stereocenters. The highest BCUT2D eigenvalue weighted by molar-refractivity contribution is 5.81. The summed E-state index contributed by atoms with van der Waals surface area (Å²) in [5.41, 5.74) is 1.15. The summed E-state index contributed by atoms with van der Waals surface area (Å²) in [4.78, 5) is 16.6. The van der Waals surface area contributed by atoms with Gasteiger partial charge in [-0.3, -0.25) is 9.69 Å². The van der Waals surface area contributed by atoms with Gasteiger partial charge in [0.2, 0.25) is 0 Å². The molecule has 22 heavy (non-hydrogen) atoms. The Morgan fingerprint density at radius 3 is 2.55 bits per heavy atom. The molecule has 0 bridgehead atoms. The van der Waals surface area contributed by atoms with Crippen LogP contribution in [0.2, 0.25) is 0 Å². The number of nitrogens with zero attached hydrogens (tertiary/aromatic N) is 2. The highest BCUT2D eigenvalue weighted by Crippen LogP contribution is 2.16. The van der Waals surface area contributed by atoms with Gasteiger partial charge in [0.25, 0.3) is 5.91 Å². The average Bonchev–Trinajstić information content (AvgIpc) is 3.09. The van der Waals surface area contributed by atoms with E-state index in [1.807, 2.05) is 17.0 Å². The van der Waals surface area contributed by atoms with Crippen molar-refractivity contribution in [2.24, 2.45) is 0 Å². The molecule has 0 N–H and O–H groups in total. The number of hydrogen-bond acceptors (Lipinski definition) is 3. The lowest BCUT2D eigenvalue weighted by atomic mass is 10.1. The van der Waals surface area contributed by atoms with E-state index in [1.165, 1.54) is 12.1 Å². The van der Waals surface area contributed by atoms with Crippen molar-refractivity contribution < 1.29 is 13.9 Å². The second kappa shape index (κ2) is 7.20. The number of rotatable bonds is 4. The molecule has 1 amide bonds. The van der Waals surface area contributed by atoms with Gasteiger partial charge in [-0.15, -0.1) is 0 Å². The summed E-state index contributed by atoms with van der Waals surface area (Å²) in [6.45, 7) is 5.03. The van der Waals surface area contributed by atoms with Crippen molar-refractivity contribution in [2.75, 3.05) is 39.3 Å². The van der Waals surface area contributed by atoms with Crippen LogP contribution in [0.3, 0.4) is 0 Å². The van der Waals surface area contributed by atoms with E-state index in [-0.39, 0.29) is 17.8 Å². The minimum Gasteiger partial charge on any atom is -0.368 e. The topological polar surface area (TPSA) is 32.8 Å². The van der Waals surface area contributed by atoms with Crippen LogP contribution < -0.4 is 0 Å². The zero-order valence-corrected chi connectivity index (χ0v) is 12.8. The minimum atomic E-state index is -0.203. The second-order valence-electron chi connectivity index (χ2n) is 6.05. The Balaban J connectivity index is 1.41. The van der Waals surface area contributed by atoms with Gasteiger partial charge in [-0.05, 0) is 37.0 Å². The van der Waals surface area contributed by atoms with Gasteiger partial charge in [0.15, 0.2) is 0 Å². The molecule has 0 radical (unpaired) electrons. The van der Waals surface area contributed by atoms with E-state index in [9.17, 15) is 9.18 Å². The molecule has 0 spiro atoms. The van der Waals surface area contributed by atoms with Crippen LogP contribution in [0.15, 0.2) is 24.3 Å². The lowest BCUT2D eigenvalue weighted by molar-refractivity contribution is -0.142. The molecule has 1 aromatic rings. The van der Waals surface area contributed by atoms with Gasteiger partial charge < -0.3 is 9.64 Å². The Morgan fingerprint density at radius 2 is 1.91 bits per heavy atom. The average molecular weight is 306 g/mol. The van der Waals surface area contributed by atoms with Gasteiger partial charge in [0, 0.05) is 39.3 Å². The van der Waals surface area contributed by atoms with Crippen LogP contribution >= 0.6 is 0 Å². The summed E-state index contributed by atoms with van der Waals surface area (Å²) in [5.74, 6) is -0.0271. The molecular weight excluding hydrogens is 283 g/mol. The molecule has 2 saturated heterocycles. The van der Waals surface area contributed by atoms with Crippen molar-refractivity contribution in [3.8, 4) is 0 Å². The summed E-state index contributed by atoms with van der Waals surface area (Å²) in [5, 5.41) is 0. The third-order valence-corrected chi connectivity index (χ3v) is 4.52. The smallest absolute Gasteiger partial charge is 0.251 e. The number of amides is 1. The van der Waals surface area contributed by atoms with Gasteiger partial charge in [-0.2, -0.15) is 0 Å². The summed E-state index contributed by atoms with van der Waals surface area (Å²) >= 11 is 0. The van der Waals surface area contributed by atoms with Crippen molar-refractivity contribution >= 4 is 5.91 Å². The maximum atomic E-state index is 12.9. The highest BCUT2D eigenvalue weighted by atomic mass is 19.1. The third-order valence-electron chi connectivity index (χ3n) is 4.52.